The van der Waals surface area contributed by atoms with Gasteiger partial charge in [-0.25, -0.2) is 8.42 Å². The highest BCUT2D eigenvalue weighted by atomic mass is 32.2. The summed E-state index contributed by atoms with van der Waals surface area (Å²) in [6, 6.07) is 7.17. The molecule has 114 valence electrons. The summed E-state index contributed by atoms with van der Waals surface area (Å²) in [4.78, 5) is 0.212. The van der Waals surface area contributed by atoms with E-state index in [9.17, 15) is 8.42 Å². The second kappa shape index (κ2) is 6.50. The van der Waals surface area contributed by atoms with Crippen LogP contribution in [0.1, 0.15) is 24.4 Å². The van der Waals surface area contributed by atoms with Crippen LogP contribution in [0.25, 0.3) is 0 Å². The normalized spacial score (nSPS) is 11.8. The monoisotopic (exact) mass is 326 g/mol. The molecular weight excluding hydrogens is 308 g/mol. The van der Waals surface area contributed by atoms with Gasteiger partial charge < -0.3 is 5.32 Å². The van der Waals surface area contributed by atoms with E-state index in [1.807, 2.05) is 0 Å². The SMILES string of the molecule is Cc1nnc(NS(=O)(=O)c2ccc(CNC(C)C)cc2)s1. The first kappa shape index (κ1) is 15.9. The lowest BCUT2D eigenvalue weighted by atomic mass is 10.2. The average Bonchev–Trinajstić information content (AvgIpc) is 2.81. The second-order valence-electron chi connectivity index (χ2n) is 4.91. The highest BCUT2D eigenvalue weighted by Gasteiger charge is 2.16. The highest BCUT2D eigenvalue weighted by Crippen LogP contribution is 2.19. The predicted molar refractivity (Wildman–Crippen MR) is 83.9 cm³/mol. The minimum Gasteiger partial charge on any atom is -0.310 e. The van der Waals surface area contributed by atoms with Crippen LogP contribution in [0, 0.1) is 6.92 Å². The Morgan fingerprint density at radius 2 is 1.86 bits per heavy atom. The Bertz CT molecular complexity index is 693. The molecule has 0 saturated carbocycles. The molecule has 21 heavy (non-hydrogen) atoms. The van der Waals surface area contributed by atoms with Gasteiger partial charge in [-0.15, -0.1) is 10.2 Å². The molecule has 2 aromatic rings. The number of aryl methyl sites for hydroxylation is 1. The van der Waals surface area contributed by atoms with Crippen molar-refractivity contribution in [2.75, 3.05) is 4.72 Å². The first-order chi connectivity index (χ1) is 9.87. The average molecular weight is 326 g/mol. The Hall–Kier alpha value is -1.51. The van der Waals surface area contributed by atoms with Gasteiger partial charge in [0, 0.05) is 12.6 Å². The molecule has 0 amide bonds. The maximum atomic E-state index is 12.2. The summed E-state index contributed by atoms with van der Waals surface area (Å²) in [7, 11) is -3.61. The van der Waals surface area contributed by atoms with Gasteiger partial charge in [-0.2, -0.15) is 0 Å². The van der Waals surface area contributed by atoms with Crippen LogP contribution in [-0.4, -0.2) is 24.7 Å². The van der Waals surface area contributed by atoms with E-state index in [1.165, 1.54) is 11.3 Å². The zero-order chi connectivity index (χ0) is 15.5. The molecule has 0 bridgehead atoms. The van der Waals surface area contributed by atoms with Gasteiger partial charge in [0.1, 0.15) is 5.01 Å². The summed E-state index contributed by atoms with van der Waals surface area (Å²) in [5.74, 6) is 0. The van der Waals surface area contributed by atoms with E-state index in [2.05, 4.69) is 34.1 Å². The molecule has 1 aromatic carbocycles. The summed E-state index contributed by atoms with van der Waals surface area (Å²) < 4.78 is 26.8. The van der Waals surface area contributed by atoms with Crippen molar-refractivity contribution in [3.8, 4) is 0 Å². The third-order valence-electron chi connectivity index (χ3n) is 2.70. The van der Waals surface area contributed by atoms with Gasteiger partial charge in [0.25, 0.3) is 10.0 Å². The van der Waals surface area contributed by atoms with Crippen LogP contribution in [0.3, 0.4) is 0 Å². The Labute approximate surface area is 128 Å². The molecule has 0 unspecified atom stereocenters. The van der Waals surface area contributed by atoms with Crippen LogP contribution in [-0.2, 0) is 16.6 Å². The number of sulfonamides is 1. The molecule has 0 spiro atoms. The number of nitrogens with zero attached hydrogens (tertiary/aromatic N) is 2. The third-order valence-corrected chi connectivity index (χ3v) is 4.93. The van der Waals surface area contributed by atoms with E-state index in [4.69, 9.17) is 0 Å². The topological polar surface area (TPSA) is 84.0 Å². The van der Waals surface area contributed by atoms with Crippen molar-refractivity contribution in [1.29, 1.82) is 0 Å². The van der Waals surface area contributed by atoms with Crippen LogP contribution in [0.4, 0.5) is 5.13 Å². The van der Waals surface area contributed by atoms with Gasteiger partial charge >= 0.3 is 0 Å². The zero-order valence-corrected chi connectivity index (χ0v) is 13.8. The fourth-order valence-electron chi connectivity index (χ4n) is 1.62. The van der Waals surface area contributed by atoms with E-state index in [0.29, 0.717) is 17.6 Å². The van der Waals surface area contributed by atoms with Crippen molar-refractivity contribution in [2.24, 2.45) is 0 Å². The standard InChI is InChI=1S/C13H18N4O2S2/c1-9(2)14-8-11-4-6-12(7-5-11)21(18,19)17-13-16-15-10(3)20-13/h4-7,9,14H,8H2,1-3H3,(H,16,17). The summed E-state index contributed by atoms with van der Waals surface area (Å²) in [6.45, 7) is 6.60. The summed E-state index contributed by atoms with van der Waals surface area (Å²) >= 11 is 1.20. The van der Waals surface area contributed by atoms with Crippen molar-refractivity contribution >= 4 is 26.5 Å². The summed E-state index contributed by atoms with van der Waals surface area (Å²) in [6.07, 6.45) is 0. The summed E-state index contributed by atoms with van der Waals surface area (Å²) in [5.41, 5.74) is 1.04. The molecule has 8 heteroatoms. The van der Waals surface area contributed by atoms with E-state index >= 15 is 0 Å². The van der Waals surface area contributed by atoms with E-state index in [1.54, 1.807) is 31.2 Å². The van der Waals surface area contributed by atoms with Crippen molar-refractivity contribution in [3.05, 3.63) is 34.8 Å². The van der Waals surface area contributed by atoms with Crippen LogP contribution < -0.4 is 10.0 Å². The Morgan fingerprint density at radius 1 is 1.19 bits per heavy atom. The lowest BCUT2D eigenvalue weighted by molar-refractivity contribution is 0.588. The van der Waals surface area contributed by atoms with E-state index in [-0.39, 0.29) is 10.0 Å². The fourth-order valence-corrected chi connectivity index (χ4v) is 3.44. The maximum Gasteiger partial charge on any atom is 0.263 e. The Kier molecular flexibility index (Phi) is 4.92. The fraction of sp³-hybridized carbons (Fsp3) is 0.385. The predicted octanol–water partition coefficient (Wildman–Crippen LogP) is 2.15. The lowest BCUT2D eigenvalue weighted by Crippen LogP contribution is -2.21. The van der Waals surface area contributed by atoms with Crippen LogP contribution in [0.5, 0.6) is 0 Å². The number of rotatable bonds is 6. The minimum atomic E-state index is -3.61. The van der Waals surface area contributed by atoms with Crippen LogP contribution in [0.2, 0.25) is 0 Å². The first-order valence-corrected chi connectivity index (χ1v) is 8.82. The van der Waals surface area contributed by atoms with Gasteiger partial charge in [-0.05, 0) is 24.6 Å². The third kappa shape index (κ3) is 4.48. The van der Waals surface area contributed by atoms with Crippen LogP contribution >= 0.6 is 11.3 Å². The van der Waals surface area contributed by atoms with Gasteiger partial charge in [0.05, 0.1) is 4.90 Å². The number of aromatic nitrogens is 2. The number of benzene rings is 1. The van der Waals surface area contributed by atoms with Crippen molar-refractivity contribution in [2.45, 2.75) is 38.3 Å². The molecule has 0 aliphatic rings. The molecule has 0 atom stereocenters. The second-order valence-corrected chi connectivity index (χ2v) is 7.78. The first-order valence-electron chi connectivity index (χ1n) is 6.52. The quantitative estimate of drug-likeness (QED) is 0.850. The van der Waals surface area contributed by atoms with Gasteiger partial charge in [0.2, 0.25) is 5.13 Å². The van der Waals surface area contributed by atoms with Gasteiger partial charge in [-0.1, -0.05) is 37.3 Å². The van der Waals surface area contributed by atoms with E-state index < -0.39 is 10.0 Å². The Balaban J connectivity index is 2.09. The molecule has 2 rings (SSSR count). The molecule has 0 fully saturated rings. The van der Waals surface area contributed by atoms with Gasteiger partial charge in [-0.3, -0.25) is 4.72 Å². The minimum absolute atomic E-state index is 0.212. The van der Waals surface area contributed by atoms with Crippen molar-refractivity contribution in [1.82, 2.24) is 15.5 Å². The molecule has 6 nitrogen and oxygen atoms in total. The highest BCUT2D eigenvalue weighted by molar-refractivity contribution is 7.93. The molecule has 0 radical (unpaired) electrons. The number of anilines is 1. The lowest BCUT2D eigenvalue weighted by Gasteiger charge is -2.09. The summed E-state index contributed by atoms with van der Waals surface area (Å²) in [5, 5.41) is 11.8. The Morgan fingerprint density at radius 3 is 2.38 bits per heavy atom. The van der Waals surface area contributed by atoms with Crippen molar-refractivity contribution in [3.63, 3.8) is 0 Å². The smallest absolute Gasteiger partial charge is 0.263 e. The maximum absolute atomic E-state index is 12.2. The molecule has 1 aromatic heterocycles. The molecule has 0 aliphatic heterocycles. The van der Waals surface area contributed by atoms with Crippen molar-refractivity contribution < 1.29 is 8.42 Å². The number of nitrogens with one attached hydrogen (secondary N) is 2. The number of hydrogen-bond donors (Lipinski definition) is 2. The van der Waals surface area contributed by atoms with Crippen LogP contribution in [0.15, 0.2) is 29.2 Å². The molecule has 0 saturated heterocycles. The molecule has 1 heterocycles. The number of hydrogen-bond acceptors (Lipinski definition) is 6. The molecule has 0 aliphatic carbocycles. The molecule has 2 N–H and O–H groups in total. The van der Waals surface area contributed by atoms with E-state index in [0.717, 1.165) is 5.56 Å². The molecular formula is C13H18N4O2S2. The zero-order valence-electron chi connectivity index (χ0n) is 12.1. The largest absolute Gasteiger partial charge is 0.310 e. The van der Waals surface area contributed by atoms with Gasteiger partial charge in [0.15, 0.2) is 0 Å².